The molecule has 2 N–H and O–H groups in total. The van der Waals surface area contributed by atoms with Crippen LogP contribution >= 0.6 is 11.3 Å². The van der Waals surface area contributed by atoms with E-state index >= 15 is 0 Å². The predicted molar refractivity (Wildman–Crippen MR) is 83.1 cm³/mol. The largest absolute Gasteiger partial charge is 0.355 e. The van der Waals surface area contributed by atoms with Crippen molar-refractivity contribution >= 4 is 28.2 Å². The minimum Gasteiger partial charge on any atom is -0.355 e. The van der Waals surface area contributed by atoms with Crippen molar-refractivity contribution in [3.63, 3.8) is 0 Å². The molecule has 0 saturated heterocycles. The van der Waals surface area contributed by atoms with Gasteiger partial charge in [0.1, 0.15) is 11.1 Å². The lowest BCUT2D eigenvalue weighted by molar-refractivity contribution is -0.122. The highest BCUT2D eigenvalue weighted by Crippen LogP contribution is 2.22. The number of anilines is 1. The van der Waals surface area contributed by atoms with E-state index in [9.17, 15) is 9.59 Å². The first kappa shape index (κ1) is 17.1. The van der Waals surface area contributed by atoms with Crippen molar-refractivity contribution in [2.75, 3.05) is 32.0 Å². The highest BCUT2D eigenvalue weighted by Gasteiger charge is 2.11. The standard InChI is InChI=1S/C14H20N4O2S/c1-3-6-16-13(20)10-18(2)7-4-12(19)17-14-11(9-15)5-8-21-14/h5,8H,3-4,6-7,10H2,1-2H3,(H,16,20)(H,17,19). The van der Waals surface area contributed by atoms with Crippen LogP contribution in [0.3, 0.4) is 0 Å². The van der Waals surface area contributed by atoms with Crippen LogP contribution in [0.2, 0.25) is 0 Å². The number of nitriles is 1. The molecule has 0 fully saturated rings. The number of nitrogens with one attached hydrogen (secondary N) is 2. The van der Waals surface area contributed by atoms with Gasteiger partial charge in [-0.25, -0.2) is 0 Å². The summed E-state index contributed by atoms with van der Waals surface area (Å²) >= 11 is 1.32. The lowest BCUT2D eigenvalue weighted by Gasteiger charge is -2.15. The number of rotatable bonds is 8. The van der Waals surface area contributed by atoms with Gasteiger partial charge < -0.3 is 10.6 Å². The van der Waals surface area contributed by atoms with Crippen molar-refractivity contribution in [3.8, 4) is 6.07 Å². The second-order valence-electron chi connectivity index (χ2n) is 4.66. The van der Waals surface area contributed by atoms with Crippen LogP contribution < -0.4 is 10.6 Å². The van der Waals surface area contributed by atoms with Gasteiger partial charge in [0.25, 0.3) is 0 Å². The minimum absolute atomic E-state index is 0.0372. The van der Waals surface area contributed by atoms with E-state index in [2.05, 4.69) is 10.6 Å². The van der Waals surface area contributed by atoms with Crippen LogP contribution in [-0.2, 0) is 9.59 Å². The molecule has 1 rings (SSSR count). The summed E-state index contributed by atoms with van der Waals surface area (Å²) in [6.45, 7) is 3.42. The molecular weight excluding hydrogens is 288 g/mol. The molecule has 2 amide bonds. The van der Waals surface area contributed by atoms with Gasteiger partial charge in [-0.15, -0.1) is 11.3 Å². The van der Waals surface area contributed by atoms with E-state index in [1.807, 2.05) is 13.0 Å². The Morgan fingerprint density at radius 2 is 2.19 bits per heavy atom. The van der Waals surface area contributed by atoms with Gasteiger partial charge in [-0.1, -0.05) is 6.92 Å². The Kier molecular flexibility index (Phi) is 7.43. The Hall–Kier alpha value is -1.91. The van der Waals surface area contributed by atoms with Gasteiger partial charge in [-0.05, 0) is 24.9 Å². The topological polar surface area (TPSA) is 85.2 Å². The molecule has 0 unspecified atom stereocenters. The Bertz CT molecular complexity index is 521. The summed E-state index contributed by atoms with van der Waals surface area (Å²) in [6, 6.07) is 3.69. The Balaban J connectivity index is 2.30. The fraction of sp³-hybridized carbons (Fsp3) is 0.500. The SMILES string of the molecule is CCCNC(=O)CN(C)CCC(=O)Nc1sccc1C#N. The predicted octanol–water partition coefficient (Wildman–Crippen LogP) is 1.41. The summed E-state index contributed by atoms with van der Waals surface area (Å²) in [5.74, 6) is -0.195. The van der Waals surface area contributed by atoms with E-state index in [0.29, 0.717) is 23.7 Å². The third kappa shape index (κ3) is 6.38. The molecule has 114 valence electrons. The summed E-state index contributed by atoms with van der Waals surface area (Å²) in [5.41, 5.74) is 0.473. The average molecular weight is 308 g/mol. The lowest BCUT2D eigenvalue weighted by Crippen LogP contribution is -2.36. The maximum absolute atomic E-state index is 11.8. The molecule has 0 saturated carbocycles. The van der Waals surface area contributed by atoms with E-state index < -0.39 is 0 Å². The Labute approximate surface area is 128 Å². The quantitative estimate of drug-likeness (QED) is 0.760. The smallest absolute Gasteiger partial charge is 0.234 e. The molecule has 0 atom stereocenters. The van der Waals surface area contributed by atoms with E-state index in [-0.39, 0.29) is 24.8 Å². The number of likely N-dealkylation sites (N-methyl/N-ethyl adjacent to an activating group) is 1. The minimum atomic E-state index is -0.158. The highest BCUT2D eigenvalue weighted by atomic mass is 32.1. The average Bonchev–Trinajstić information content (AvgIpc) is 2.90. The molecule has 0 aliphatic carbocycles. The number of hydrogen-bond donors (Lipinski definition) is 2. The molecule has 1 aromatic heterocycles. The number of carbonyl (C=O) groups excluding carboxylic acids is 2. The van der Waals surface area contributed by atoms with Crippen LogP contribution in [0.15, 0.2) is 11.4 Å². The number of amides is 2. The van der Waals surface area contributed by atoms with E-state index in [1.165, 1.54) is 11.3 Å². The molecule has 0 radical (unpaired) electrons. The molecule has 0 aromatic carbocycles. The summed E-state index contributed by atoms with van der Waals surface area (Å²) in [4.78, 5) is 25.1. The third-order valence-electron chi connectivity index (χ3n) is 2.74. The Morgan fingerprint density at radius 1 is 1.43 bits per heavy atom. The van der Waals surface area contributed by atoms with Crippen LogP contribution in [0.25, 0.3) is 0 Å². The van der Waals surface area contributed by atoms with Gasteiger partial charge in [0.15, 0.2) is 0 Å². The first-order chi connectivity index (χ1) is 10.1. The lowest BCUT2D eigenvalue weighted by atomic mass is 10.3. The van der Waals surface area contributed by atoms with Gasteiger partial charge in [0, 0.05) is 19.5 Å². The molecular formula is C14H20N4O2S. The zero-order chi connectivity index (χ0) is 15.7. The zero-order valence-corrected chi connectivity index (χ0v) is 13.1. The maximum atomic E-state index is 11.8. The number of thiophene rings is 1. The highest BCUT2D eigenvalue weighted by molar-refractivity contribution is 7.14. The van der Waals surface area contributed by atoms with Crippen LogP contribution in [0.5, 0.6) is 0 Å². The monoisotopic (exact) mass is 308 g/mol. The fourth-order valence-corrected chi connectivity index (χ4v) is 2.37. The second-order valence-corrected chi connectivity index (χ2v) is 5.58. The van der Waals surface area contributed by atoms with Crippen LogP contribution in [-0.4, -0.2) is 43.4 Å². The van der Waals surface area contributed by atoms with Gasteiger partial charge in [-0.2, -0.15) is 5.26 Å². The van der Waals surface area contributed by atoms with Crippen molar-refractivity contribution < 1.29 is 9.59 Å². The number of hydrogen-bond acceptors (Lipinski definition) is 5. The van der Waals surface area contributed by atoms with Crippen LogP contribution in [0.1, 0.15) is 25.3 Å². The number of carbonyl (C=O) groups is 2. The summed E-state index contributed by atoms with van der Waals surface area (Å²) in [5, 5.41) is 16.7. The molecule has 0 bridgehead atoms. The summed E-state index contributed by atoms with van der Waals surface area (Å²) in [7, 11) is 1.80. The van der Waals surface area contributed by atoms with Gasteiger partial charge >= 0.3 is 0 Å². The molecule has 6 nitrogen and oxygen atoms in total. The number of nitrogens with zero attached hydrogens (tertiary/aromatic N) is 2. The summed E-state index contributed by atoms with van der Waals surface area (Å²) in [6.07, 6.45) is 1.18. The first-order valence-electron chi connectivity index (χ1n) is 6.79. The van der Waals surface area contributed by atoms with Crippen molar-refractivity contribution in [1.82, 2.24) is 10.2 Å². The van der Waals surface area contributed by atoms with Crippen molar-refractivity contribution in [2.45, 2.75) is 19.8 Å². The van der Waals surface area contributed by atoms with Crippen LogP contribution in [0.4, 0.5) is 5.00 Å². The van der Waals surface area contributed by atoms with Crippen molar-refractivity contribution in [1.29, 1.82) is 5.26 Å². The van der Waals surface area contributed by atoms with Gasteiger partial charge in [0.05, 0.1) is 12.1 Å². The maximum Gasteiger partial charge on any atom is 0.234 e. The van der Waals surface area contributed by atoms with E-state index in [1.54, 1.807) is 23.4 Å². The molecule has 21 heavy (non-hydrogen) atoms. The molecule has 1 aromatic rings. The molecule has 7 heteroatoms. The Morgan fingerprint density at radius 3 is 2.86 bits per heavy atom. The normalized spacial score (nSPS) is 10.2. The first-order valence-corrected chi connectivity index (χ1v) is 7.67. The molecule has 0 spiro atoms. The molecule has 0 aliphatic rings. The third-order valence-corrected chi connectivity index (χ3v) is 3.57. The summed E-state index contributed by atoms with van der Waals surface area (Å²) < 4.78 is 0. The van der Waals surface area contributed by atoms with Gasteiger partial charge in [0.2, 0.25) is 11.8 Å². The molecule has 0 aliphatic heterocycles. The zero-order valence-electron chi connectivity index (χ0n) is 12.3. The van der Waals surface area contributed by atoms with E-state index in [0.717, 1.165) is 6.42 Å². The van der Waals surface area contributed by atoms with Crippen LogP contribution in [0, 0.1) is 11.3 Å². The fourth-order valence-electron chi connectivity index (χ4n) is 1.62. The van der Waals surface area contributed by atoms with Crippen molar-refractivity contribution in [3.05, 3.63) is 17.0 Å². The van der Waals surface area contributed by atoms with E-state index in [4.69, 9.17) is 5.26 Å². The second kappa shape index (κ2) is 9.10. The van der Waals surface area contributed by atoms with Crippen molar-refractivity contribution in [2.24, 2.45) is 0 Å². The molecule has 1 heterocycles. The van der Waals surface area contributed by atoms with Gasteiger partial charge in [-0.3, -0.25) is 14.5 Å².